The molecule has 4 aromatic rings. The molecular weight excluding hydrogens is 480 g/mol. The highest BCUT2D eigenvalue weighted by Gasteiger charge is 2.28. The number of rotatable bonds is 5. The maximum absolute atomic E-state index is 14.8. The Labute approximate surface area is 212 Å². The SMILES string of the molecule is Cc1c(C(=O)N2CCN(C(=O)Cc3cccs3)CC2)cc(-c2ccccc2)n1-c1ccc(F)cc1F. The van der Waals surface area contributed by atoms with E-state index in [9.17, 15) is 18.4 Å². The van der Waals surface area contributed by atoms with Crippen molar-refractivity contribution in [3.05, 3.63) is 99.9 Å². The molecule has 0 bridgehead atoms. The molecule has 2 amide bonds. The average molecular weight is 506 g/mol. The van der Waals surface area contributed by atoms with Crippen LogP contribution in [0.25, 0.3) is 16.9 Å². The fourth-order valence-electron chi connectivity index (χ4n) is 4.62. The van der Waals surface area contributed by atoms with Crippen molar-refractivity contribution in [3.63, 3.8) is 0 Å². The summed E-state index contributed by atoms with van der Waals surface area (Å²) in [4.78, 5) is 30.8. The van der Waals surface area contributed by atoms with Crippen molar-refractivity contribution in [3.8, 4) is 16.9 Å². The smallest absolute Gasteiger partial charge is 0.255 e. The molecule has 36 heavy (non-hydrogen) atoms. The van der Waals surface area contributed by atoms with Gasteiger partial charge in [0.05, 0.1) is 23.4 Å². The van der Waals surface area contributed by atoms with Gasteiger partial charge in [-0.3, -0.25) is 9.59 Å². The lowest BCUT2D eigenvalue weighted by atomic mass is 10.1. The number of nitrogens with zero attached hydrogens (tertiary/aromatic N) is 3. The summed E-state index contributed by atoms with van der Waals surface area (Å²) in [5, 5.41) is 1.95. The maximum Gasteiger partial charge on any atom is 0.255 e. The number of amides is 2. The van der Waals surface area contributed by atoms with Gasteiger partial charge in [0.25, 0.3) is 5.91 Å². The second-order valence-corrected chi connectivity index (χ2v) is 9.79. The zero-order valence-corrected chi connectivity index (χ0v) is 20.6. The fourth-order valence-corrected chi connectivity index (χ4v) is 5.32. The van der Waals surface area contributed by atoms with Gasteiger partial charge in [0, 0.05) is 42.8 Å². The minimum Gasteiger partial charge on any atom is -0.339 e. The van der Waals surface area contributed by atoms with E-state index in [-0.39, 0.29) is 17.5 Å². The molecule has 0 N–H and O–H groups in total. The molecule has 184 valence electrons. The van der Waals surface area contributed by atoms with Gasteiger partial charge in [0.2, 0.25) is 5.91 Å². The second-order valence-electron chi connectivity index (χ2n) is 8.75. The van der Waals surface area contributed by atoms with Crippen LogP contribution in [0.4, 0.5) is 8.78 Å². The number of hydrogen-bond donors (Lipinski definition) is 0. The summed E-state index contributed by atoms with van der Waals surface area (Å²) >= 11 is 1.56. The summed E-state index contributed by atoms with van der Waals surface area (Å²) in [7, 11) is 0. The average Bonchev–Trinajstić information content (AvgIpc) is 3.52. The molecule has 5 nitrogen and oxygen atoms in total. The molecule has 8 heteroatoms. The first-order chi connectivity index (χ1) is 17.4. The van der Waals surface area contributed by atoms with Gasteiger partial charge >= 0.3 is 0 Å². The van der Waals surface area contributed by atoms with Crippen LogP contribution in [0.1, 0.15) is 20.9 Å². The van der Waals surface area contributed by atoms with E-state index >= 15 is 0 Å². The van der Waals surface area contributed by atoms with Gasteiger partial charge in [-0.25, -0.2) is 8.78 Å². The molecule has 0 atom stereocenters. The number of carbonyl (C=O) groups excluding carboxylic acids is 2. The van der Waals surface area contributed by atoms with Crippen molar-refractivity contribution in [2.45, 2.75) is 13.3 Å². The number of benzene rings is 2. The number of carbonyl (C=O) groups is 2. The molecule has 5 rings (SSSR count). The van der Waals surface area contributed by atoms with Crippen LogP contribution in [0.15, 0.2) is 72.1 Å². The van der Waals surface area contributed by atoms with Crippen LogP contribution in [-0.4, -0.2) is 52.4 Å². The molecular formula is C28H25F2N3O2S. The van der Waals surface area contributed by atoms with Crippen LogP contribution in [0, 0.1) is 18.6 Å². The lowest BCUT2D eigenvalue weighted by Gasteiger charge is -2.34. The standard InChI is InChI=1S/C28H25F2N3O2S/c1-19-23(28(35)32-13-11-31(12-14-32)27(34)17-22-8-5-15-36-22)18-26(20-6-3-2-4-7-20)33(19)25-10-9-21(29)16-24(25)30/h2-10,15-16,18H,11-14,17H2,1H3. The third-order valence-electron chi connectivity index (χ3n) is 6.52. The van der Waals surface area contributed by atoms with Gasteiger partial charge < -0.3 is 14.4 Å². The van der Waals surface area contributed by atoms with Crippen molar-refractivity contribution < 1.29 is 18.4 Å². The first-order valence-corrected chi connectivity index (χ1v) is 12.6. The Hall–Kier alpha value is -3.78. The molecule has 0 spiro atoms. The first-order valence-electron chi connectivity index (χ1n) is 11.7. The Morgan fingerprint density at radius 2 is 1.61 bits per heavy atom. The Bertz CT molecular complexity index is 1390. The minimum absolute atomic E-state index is 0.0602. The third kappa shape index (κ3) is 4.68. The van der Waals surface area contributed by atoms with E-state index in [2.05, 4.69) is 0 Å². The van der Waals surface area contributed by atoms with E-state index in [0.717, 1.165) is 16.5 Å². The molecule has 0 saturated carbocycles. The molecule has 0 radical (unpaired) electrons. The molecule has 1 aliphatic heterocycles. The van der Waals surface area contributed by atoms with Crippen molar-refractivity contribution in [1.29, 1.82) is 0 Å². The summed E-state index contributed by atoms with van der Waals surface area (Å²) in [6.45, 7) is 3.54. The van der Waals surface area contributed by atoms with Crippen LogP contribution in [-0.2, 0) is 11.2 Å². The molecule has 0 unspecified atom stereocenters. The van der Waals surface area contributed by atoms with Crippen LogP contribution >= 0.6 is 11.3 Å². The number of halogens is 2. The fraction of sp³-hybridized carbons (Fsp3) is 0.214. The molecule has 1 aliphatic rings. The predicted molar refractivity (Wildman–Crippen MR) is 136 cm³/mol. The maximum atomic E-state index is 14.8. The van der Waals surface area contributed by atoms with Crippen molar-refractivity contribution in [2.75, 3.05) is 26.2 Å². The highest BCUT2D eigenvalue weighted by Crippen LogP contribution is 2.31. The van der Waals surface area contributed by atoms with E-state index in [1.165, 1.54) is 12.1 Å². The number of hydrogen-bond acceptors (Lipinski definition) is 3. The van der Waals surface area contributed by atoms with E-state index in [0.29, 0.717) is 49.6 Å². The van der Waals surface area contributed by atoms with E-state index in [1.54, 1.807) is 38.7 Å². The van der Waals surface area contributed by atoms with Gasteiger partial charge in [0.1, 0.15) is 11.6 Å². The Morgan fingerprint density at radius 3 is 2.28 bits per heavy atom. The van der Waals surface area contributed by atoms with Crippen LogP contribution in [0.5, 0.6) is 0 Å². The van der Waals surface area contributed by atoms with Gasteiger partial charge in [-0.2, -0.15) is 0 Å². The third-order valence-corrected chi connectivity index (χ3v) is 7.40. The van der Waals surface area contributed by atoms with Crippen LogP contribution in [0.3, 0.4) is 0 Å². The summed E-state index contributed by atoms with van der Waals surface area (Å²) < 4.78 is 30.1. The largest absolute Gasteiger partial charge is 0.339 e. The summed E-state index contributed by atoms with van der Waals surface area (Å²) in [6, 6.07) is 18.5. The molecule has 0 aliphatic carbocycles. The van der Waals surface area contributed by atoms with E-state index < -0.39 is 11.6 Å². The van der Waals surface area contributed by atoms with E-state index in [4.69, 9.17) is 0 Å². The van der Waals surface area contributed by atoms with Gasteiger partial charge in [-0.15, -0.1) is 11.3 Å². The zero-order valence-electron chi connectivity index (χ0n) is 19.8. The van der Waals surface area contributed by atoms with Crippen LogP contribution < -0.4 is 0 Å². The topological polar surface area (TPSA) is 45.6 Å². The zero-order chi connectivity index (χ0) is 25.2. The highest BCUT2D eigenvalue weighted by molar-refractivity contribution is 7.10. The quantitative estimate of drug-likeness (QED) is 0.369. The van der Waals surface area contributed by atoms with Crippen molar-refractivity contribution in [1.82, 2.24) is 14.4 Å². The van der Waals surface area contributed by atoms with Crippen molar-refractivity contribution >= 4 is 23.2 Å². The Balaban J connectivity index is 1.41. The second kappa shape index (κ2) is 10.1. The number of piperazine rings is 1. The number of thiophene rings is 1. The molecule has 2 aromatic carbocycles. The first kappa shape index (κ1) is 23.9. The van der Waals surface area contributed by atoms with Crippen molar-refractivity contribution in [2.24, 2.45) is 0 Å². The Morgan fingerprint density at radius 1 is 0.889 bits per heavy atom. The van der Waals surface area contributed by atoms with Crippen LogP contribution in [0.2, 0.25) is 0 Å². The normalized spacial score (nSPS) is 13.8. The predicted octanol–water partition coefficient (Wildman–Crippen LogP) is 5.32. The monoisotopic (exact) mass is 505 g/mol. The molecule has 2 aromatic heterocycles. The minimum atomic E-state index is -0.706. The van der Waals surface area contributed by atoms with Gasteiger partial charge in [-0.05, 0) is 42.1 Å². The lowest BCUT2D eigenvalue weighted by Crippen LogP contribution is -2.51. The summed E-state index contributed by atoms with van der Waals surface area (Å²) in [6.07, 6.45) is 0.372. The molecule has 1 saturated heterocycles. The molecule has 1 fully saturated rings. The summed E-state index contributed by atoms with van der Waals surface area (Å²) in [5.74, 6) is -1.48. The Kier molecular flexibility index (Phi) is 6.69. The lowest BCUT2D eigenvalue weighted by molar-refractivity contribution is -0.131. The number of aromatic nitrogens is 1. The van der Waals surface area contributed by atoms with Gasteiger partial charge in [-0.1, -0.05) is 36.4 Å². The van der Waals surface area contributed by atoms with Gasteiger partial charge in [0.15, 0.2) is 0 Å². The molecule has 3 heterocycles. The summed E-state index contributed by atoms with van der Waals surface area (Å²) in [5.41, 5.74) is 2.66. The highest BCUT2D eigenvalue weighted by atomic mass is 32.1. The van der Waals surface area contributed by atoms with E-state index in [1.807, 2.05) is 47.8 Å².